The zero-order valence-corrected chi connectivity index (χ0v) is 14.1. The van der Waals surface area contributed by atoms with Gasteiger partial charge < -0.3 is 5.32 Å². The van der Waals surface area contributed by atoms with Gasteiger partial charge in [-0.3, -0.25) is 0 Å². The van der Waals surface area contributed by atoms with Gasteiger partial charge >= 0.3 is 0 Å². The van der Waals surface area contributed by atoms with Gasteiger partial charge in [0.05, 0.1) is 0 Å². The summed E-state index contributed by atoms with van der Waals surface area (Å²) in [6, 6.07) is 9.75. The Morgan fingerprint density at radius 2 is 1.50 bits per heavy atom. The van der Waals surface area contributed by atoms with E-state index in [0.29, 0.717) is 12.0 Å². The summed E-state index contributed by atoms with van der Waals surface area (Å²) in [5.41, 5.74) is 2.89. The van der Waals surface area contributed by atoms with Crippen LogP contribution < -0.4 is 5.32 Å². The maximum atomic E-state index is 3.71. The molecule has 0 aliphatic rings. The van der Waals surface area contributed by atoms with Crippen molar-refractivity contribution >= 4 is 0 Å². The molecule has 0 heterocycles. The molecule has 114 valence electrons. The van der Waals surface area contributed by atoms with E-state index in [1.54, 1.807) is 0 Å². The highest BCUT2D eigenvalue weighted by Gasteiger charge is 2.11. The molecule has 1 aromatic carbocycles. The van der Waals surface area contributed by atoms with Crippen molar-refractivity contribution in [2.24, 2.45) is 5.92 Å². The third-order valence-electron chi connectivity index (χ3n) is 3.92. The van der Waals surface area contributed by atoms with Gasteiger partial charge in [-0.25, -0.2) is 0 Å². The predicted octanol–water partition coefficient (Wildman–Crippen LogP) is 5.68. The summed E-state index contributed by atoms with van der Waals surface area (Å²) in [5.74, 6) is 1.43. The highest BCUT2D eigenvalue weighted by Crippen LogP contribution is 2.23. The van der Waals surface area contributed by atoms with Gasteiger partial charge in [0, 0.05) is 6.04 Å². The van der Waals surface area contributed by atoms with Crippen LogP contribution in [0.25, 0.3) is 0 Å². The molecule has 20 heavy (non-hydrogen) atoms. The molecule has 0 aliphatic carbocycles. The van der Waals surface area contributed by atoms with Gasteiger partial charge in [0.25, 0.3) is 0 Å². The molecule has 1 unspecified atom stereocenters. The van der Waals surface area contributed by atoms with E-state index in [9.17, 15) is 0 Å². The molecular formula is C19H33N. The Morgan fingerprint density at radius 3 is 2.00 bits per heavy atom. The Labute approximate surface area is 126 Å². The molecule has 1 atom stereocenters. The van der Waals surface area contributed by atoms with Crippen molar-refractivity contribution in [1.29, 1.82) is 0 Å². The van der Waals surface area contributed by atoms with E-state index in [0.717, 1.165) is 12.5 Å². The van der Waals surface area contributed by atoms with Crippen molar-refractivity contribution in [3.8, 4) is 0 Å². The molecule has 1 nitrogen and oxygen atoms in total. The molecule has 1 aromatic rings. The molecule has 0 bridgehead atoms. The van der Waals surface area contributed by atoms with Gasteiger partial charge in [0.2, 0.25) is 0 Å². The highest BCUT2D eigenvalue weighted by molar-refractivity contribution is 5.26. The normalized spacial score (nSPS) is 13.2. The summed E-state index contributed by atoms with van der Waals surface area (Å²) in [4.78, 5) is 0. The molecule has 1 N–H and O–H groups in total. The Kier molecular flexibility index (Phi) is 7.91. The van der Waals surface area contributed by atoms with Crippen LogP contribution in [0.2, 0.25) is 0 Å². The second-order valence-corrected chi connectivity index (χ2v) is 6.65. The topological polar surface area (TPSA) is 12.0 Å². The third kappa shape index (κ3) is 6.09. The molecular weight excluding hydrogens is 242 g/mol. The molecule has 0 fully saturated rings. The fraction of sp³-hybridized carbons (Fsp3) is 0.684. The second-order valence-electron chi connectivity index (χ2n) is 6.65. The van der Waals surface area contributed by atoms with E-state index in [-0.39, 0.29) is 0 Å². The number of hydrogen-bond acceptors (Lipinski definition) is 1. The smallest absolute Gasteiger partial charge is 0.0320 e. The maximum absolute atomic E-state index is 3.71. The van der Waals surface area contributed by atoms with Crippen molar-refractivity contribution < 1.29 is 0 Å². The molecule has 0 aromatic heterocycles. The SMILES string of the molecule is CCCNC(CCCC(C)C)c1ccc(C(C)C)cc1. The summed E-state index contributed by atoms with van der Waals surface area (Å²) in [5, 5.41) is 3.71. The van der Waals surface area contributed by atoms with E-state index < -0.39 is 0 Å². The lowest BCUT2D eigenvalue weighted by Gasteiger charge is -2.20. The van der Waals surface area contributed by atoms with Gasteiger partial charge in [-0.05, 0) is 42.3 Å². The van der Waals surface area contributed by atoms with E-state index in [2.05, 4.69) is 64.2 Å². The lowest BCUT2D eigenvalue weighted by atomic mass is 9.95. The van der Waals surface area contributed by atoms with Crippen molar-refractivity contribution in [3.05, 3.63) is 35.4 Å². The second kappa shape index (κ2) is 9.18. The summed E-state index contributed by atoms with van der Waals surface area (Å²) < 4.78 is 0. The summed E-state index contributed by atoms with van der Waals surface area (Å²) in [7, 11) is 0. The summed E-state index contributed by atoms with van der Waals surface area (Å²) in [6.45, 7) is 12.5. The van der Waals surface area contributed by atoms with Gasteiger partial charge in [-0.1, -0.05) is 71.7 Å². The summed E-state index contributed by atoms with van der Waals surface area (Å²) in [6.07, 6.45) is 5.09. The minimum Gasteiger partial charge on any atom is -0.310 e. The first-order chi connectivity index (χ1) is 9.54. The predicted molar refractivity (Wildman–Crippen MR) is 90.3 cm³/mol. The van der Waals surface area contributed by atoms with Crippen LogP contribution in [0, 0.1) is 5.92 Å². The molecule has 0 aliphatic heterocycles. The Bertz CT molecular complexity index is 351. The Hall–Kier alpha value is -0.820. The van der Waals surface area contributed by atoms with Crippen LogP contribution in [-0.2, 0) is 0 Å². The lowest BCUT2D eigenvalue weighted by molar-refractivity contribution is 0.447. The zero-order valence-electron chi connectivity index (χ0n) is 14.1. The van der Waals surface area contributed by atoms with Crippen LogP contribution in [0.1, 0.15) is 83.4 Å². The Morgan fingerprint density at radius 1 is 0.900 bits per heavy atom. The van der Waals surface area contributed by atoms with Crippen LogP contribution in [0.3, 0.4) is 0 Å². The largest absolute Gasteiger partial charge is 0.310 e. The van der Waals surface area contributed by atoms with Crippen molar-refractivity contribution in [2.45, 2.75) is 72.3 Å². The van der Waals surface area contributed by atoms with Gasteiger partial charge in [-0.15, -0.1) is 0 Å². The van der Waals surface area contributed by atoms with Crippen molar-refractivity contribution in [2.75, 3.05) is 6.54 Å². The lowest BCUT2D eigenvalue weighted by Crippen LogP contribution is -2.22. The van der Waals surface area contributed by atoms with E-state index in [1.807, 2.05) is 0 Å². The fourth-order valence-electron chi connectivity index (χ4n) is 2.55. The van der Waals surface area contributed by atoms with Gasteiger partial charge in [-0.2, -0.15) is 0 Å². The van der Waals surface area contributed by atoms with Crippen molar-refractivity contribution in [3.63, 3.8) is 0 Å². The highest BCUT2D eigenvalue weighted by atomic mass is 14.9. The van der Waals surface area contributed by atoms with Crippen LogP contribution in [0.4, 0.5) is 0 Å². The van der Waals surface area contributed by atoms with Crippen LogP contribution >= 0.6 is 0 Å². The minimum absolute atomic E-state index is 0.523. The average molecular weight is 275 g/mol. The minimum atomic E-state index is 0.523. The first-order valence-corrected chi connectivity index (χ1v) is 8.37. The number of rotatable bonds is 9. The first-order valence-electron chi connectivity index (χ1n) is 8.37. The van der Waals surface area contributed by atoms with E-state index in [1.165, 1.54) is 36.8 Å². The number of hydrogen-bond donors (Lipinski definition) is 1. The first kappa shape index (κ1) is 17.2. The van der Waals surface area contributed by atoms with Crippen LogP contribution in [0.5, 0.6) is 0 Å². The van der Waals surface area contributed by atoms with Crippen LogP contribution in [0.15, 0.2) is 24.3 Å². The third-order valence-corrected chi connectivity index (χ3v) is 3.92. The van der Waals surface area contributed by atoms with Crippen molar-refractivity contribution in [1.82, 2.24) is 5.32 Å². The Balaban J connectivity index is 2.65. The fourth-order valence-corrected chi connectivity index (χ4v) is 2.55. The zero-order chi connectivity index (χ0) is 15.0. The van der Waals surface area contributed by atoms with Crippen LogP contribution in [-0.4, -0.2) is 6.54 Å². The van der Waals surface area contributed by atoms with Gasteiger partial charge in [0.1, 0.15) is 0 Å². The molecule has 0 saturated carbocycles. The molecule has 1 heteroatoms. The molecule has 0 amide bonds. The number of nitrogens with one attached hydrogen (secondary N) is 1. The number of benzene rings is 1. The monoisotopic (exact) mass is 275 g/mol. The van der Waals surface area contributed by atoms with E-state index >= 15 is 0 Å². The quantitative estimate of drug-likeness (QED) is 0.611. The molecule has 0 spiro atoms. The molecule has 1 rings (SSSR count). The maximum Gasteiger partial charge on any atom is 0.0320 e. The van der Waals surface area contributed by atoms with Gasteiger partial charge in [0.15, 0.2) is 0 Å². The molecule has 0 radical (unpaired) electrons. The average Bonchev–Trinajstić information content (AvgIpc) is 2.42. The standard InChI is InChI=1S/C19H33N/c1-6-14-20-19(9-7-8-15(2)3)18-12-10-17(11-13-18)16(4)5/h10-13,15-16,19-20H,6-9,14H2,1-5H3. The summed E-state index contributed by atoms with van der Waals surface area (Å²) >= 11 is 0. The van der Waals surface area contributed by atoms with E-state index in [4.69, 9.17) is 0 Å². The molecule has 0 saturated heterocycles.